The van der Waals surface area contributed by atoms with Gasteiger partial charge in [-0.05, 0) is 67.5 Å². The van der Waals surface area contributed by atoms with E-state index < -0.39 is 12.0 Å². The van der Waals surface area contributed by atoms with Crippen LogP contribution < -0.4 is 24.7 Å². The van der Waals surface area contributed by atoms with Gasteiger partial charge in [0.15, 0.2) is 23.0 Å². The molecule has 0 aromatic heterocycles. The van der Waals surface area contributed by atoms with Crippen LogP contribution in [0.2, 0.25) is 0 Å². The number of esters is 2. The summed E-state index contributed by atoms with van der Waals surface area (Å²) in [7, 11) is 0. The summed E-state index contributed by atoms with van der Waals surface area (Å²) in [5.74, 6) is 2.24. The Balaban J connectivity index is 1.81. The van der Waals surface area contributed by atoms with Crippen molar-refractivity contribution in [3.05, 3.63) is 47.5 Å². The molecule has 102 heavy (non-hydrogen) atoms. The second kappa shape index (κ2) is 75.8. The molecule has 0 spiro atoms. The van der Waals surface area contributed by atoms with Gasteiger partial charge in [-0.3, -0.25) is 9.59 Å². The minimum Gasteiger partial charge on any atom is -0.490 e. The van der Waals surface area contributed by atoms with Crippen LogP contribution in [0.1, 0.15) is 463 Å². The number of nitrogens with two attached hydrogens (primary N) is 1. The minimum absolute atomic E-state index is 0.0388. The van der Waals surface area contributed by atoms with Gasteiger partial charge >= 0.3 is 11.9 Å². The molecular formula is C93H169NO8. The van der Waals surface area contributed by atoms with Gasteiger partial charge in [-0.2, -0.15) is 0 Å². The number of hydrogen-bond acceptors (Lipinski definition) is 9. The third-order valence-corrected chi connectivity index (χ3v) is 21.3. The SMILES string of the molecule is CCCCCCCCCCCCCCCCCCOc1ccc(CCOC(=O)CC[C@H](N)C(=O)OCCc2ccc(OCCCCCCCCCCCCCCCCCC)c(OCCCCCCCCCCCCCCCCCC)c2)cc1OCCCCCCCCCCCCCCCCCC. The van der Waals surface area contributed by atoms with Gasteiger partial charge in [0.2, 0.25) is 0 Å². The molecule has 0 radical (unpaired) electrons. The largest absolute Gasteiger partial charge is 0.490 e. The van der Waals surface area contributed by atoms with Crippen LogP contribution >= 0.6 is 0 Å². The third-order valence-electron chi connectivity index (χ3n) is 21.3. The van der Waals surface area contributed by atoms with E-state index in [1.165, 1.54) is 385 Å². The van der Waals surface area contributed by atoms with Gasteiger partial charge in [-0.15, -0.1) is 0 Å². The highest BCUT2D eigenvalue weighted by Crippen LogP contribution is 2.32. The number of carbonyl (C=O) groups is 2. The zero-order chi connectivity index (χ0) is 73.0. The van der Waals surface area contributed by atoms with Crippen molar-refractivity contribution in [2.24, 2.45) is 5.73 Å². The first-order chi connectivity index (χ1) is 50.4. The van der Waals surface area contributed by atoms with E-state index in [2.05, 4.69) is 52.0 Å². The molecule has 2 aromatic carbocycles. The predicted octanol–water partition coefficient (Wildman–Crippen LogP) is 29.2. The summed E-state index contributed by atoms with van der Waals surface area (Å²) in [6, 6.07) is 11.4. The summed E-state index contributed by atoms with van der Waals surface area (Å²) in [6.07, 6.45) is 87.3. The summed E-state index contributed by atoms with van der Waals surface area (Å²) < 4.78 is 37.1. The highest BCUT2D eigenvalue weighted by Gasteiger charge is 2.19. The van der Waals surface area contributed by atoms with Gasteiger partial charge in [0.05, 0.1) is 39.6 Å². The van der Waals surface area contributed by atoms with E-state index in [1.54, 1.807) is 0 Å². The first-order valence-corrected chi connectivity index (χ1v) is 45.3. The smallest absolute Gasteiger partial charge is 0.322 e. The number of hydrogen-bond donors (Lipinski definition) is 1. The first-order valence-electron chi connectivity index (χ1n) is 45.3. The highest BCUT2D eigenvalue weighted by atomic mass is 16.5. The van der Waals surface area contributed by atoms with Crippen molar-refractivity contribution >= 4 is 11.9 Å². The Morgan fingerprint density at radius 1 is 0.265 bits per heavy atom. The number of benzene rings is 2. The van der Waals surface area contributed by atoms with Crippen molar-refractivity contribution in [1.29, 1.82) is 0 Å². The van der Waals surface area contributed by atoms with Crippen molar-refractivity contribution in [2.45, 2.75) is 470 Å². The van der Waals surface area contributed by atoms with E-state index in [4.69, 9.17) is 34.2 Å². The van der Waals surface area contributed by atoms with E-state index >= 15 is 0 Å². The number of ether oxygens (including phenoxy) is 6. The molecule has 2 N–H and O–H groups in total. The lowest BCUT2D eigenvalue weighted by atomic mass is 10.0. The van der Waals surface area contributed by atoms with Crippen LogP contribution in [0.25, 0.3) is 0 Å². The monoisotopic (exact) mass is 1430 g/mol. The molecule has 0 unspecified atom stereocenters. The van der Waals surface area contributed by atoms with Gasteiger partial charge in [0.25, 0.3) is 0 Å². The Bertz CT molecular complexity index is 2080. The highest BCUT2D eigenvalue weighted by molar-refractivity contribution is 5.77. The van der Waals surface area contributed by atoms with Crippen LogP contribution in [0, 0.1) is 0 Å². The summed E-state index contributed by atoms with van der Waals surface area (Å²) >= 11 is 0. The Labute approximate surface area is 632 Å². The first kappa shape index (κ1) is 94.6. The molecule has 2 aromatic rings. The van der Waals surface area contributed by atoms with Crippen LogP contribution in [0.15, 0.2) is 36.4 Å². The second-order valence-corrected chi connectivity index (χ2v) is 31.2. The van der Waals surface area contributed by atoms with Gasteiger partial charge in [-0.25, -0.2) is 0 Å². The molecule has 594 valence electrons. The fraction of sp³-hybridized carbons (Fsp3) is 0.849. The van der Waals surface area contributed by atoms with Gasteiger partial charge in [-0.1, -0.05) is 425 Å². The fourth-order valence-corrected chi connectivity index (χ4v) is 14.3. The predicted molar refractivity (Wildman–Crippen MR) is 440 cm³/mol. The van der Waals surface area contributed by atoms with Gasteiger partial charge in [0.1, 0.15) is 6.04 Å². The van der Waals surface area contributed by atoms with Crippen LogP contribution in [-0.2, 0) is 31.9 Å². The van der Waals surface area contributed by atoms with Crippen molar-refractivity contribution < 1.29 is 38.0 Å². The quantitative estimate of drug-likeness (QED) is 0.0511. The topological polar surface area (TPSA) is 116 Å². The molecule has 0 heterocycles. The number of carbonyl (C=O) groups excluding carboxylic acids is 2. The molecule has 0 aliphatic carbocycles. The van der Waals surface area contributed by atoms with Gasteiger partial charge < -0.3 is 34.2 Å². The molecule has 0 fully saturated rings. The summed E-state index contributed by atoms with van der Waals surface area (Å²) in [5.41, 5.74) is 8.36. The maximum Gasteiger partial charge on any atom is 0.322 e. The normalized spacial score (nSPS) is 11.8. The average Bonchev–Trinajstić information content (AvgIpc) is 0.872. The molecule has 9 heteroatoms. The molecule has 2 rings (SSSR count). The van der Waals surface area contributed by atoms with Crippen LogP contribution in [0.5, 0.6) is 23.0 Å². The molecule has 1 atom stereocenters. The molecule has 0 aliphatic heterocycles. The van der Waals surface area contributed by atoms with Crippen LogP contribution in [0.4, 0.5) is 0 Å². The second-order valence-electron chi connectivity index (χ2n) is 31.2. The minimum atomic E-state index is -0.919. The standard InChI is InChI=1S/C93H169NO8/c1-5-9-13-17-21-25-29-33-37-41-45-49-53-57-61-65-77-97-88-72-69-85(83-90(88)99-79-67-63-59-55-51-47-43-39-35-31-27-23-19-15-11-7-3)75-81-101-92(95)74-71-87(94)93(96)102-82-76-86-70-73-89(98-78-66-62-58-54-50-46-42-38-34-30-26-22-18-14-10-6-2)91(84-86)100-80-68-64-60-56-52-48-44-40-36-32-28-24-20-16-12-8-4/h69-70,72-73,83-84,87H,5-68,71,74-82,94H2,1-4H3/t87-/m0/s1. The van der Waals surface area contributed by atoms with E-state index in [-0.39, 0.29) is 32.0 Å². The molecule has 0 amide bonds. The van der Waals surface area contributed by atoms with Crippen molar-refractivity contribution in [3.63, 3.8) is 0 Å². The molecule has 0 aliphatic rings. The van der Waals surface area contributed by atoms with Crippen molar-refractivity contribution in [1.82, 2.24) is 0 Å². The summed E-state index contributed by atoms with van der Waals surface area (Å²) in [4.78, 5) is 26.1. The molecule has 0 bridgehead atoms. The Kier molecular flexibility index (Phi) is 70.3. The summed E-state index contributed by atoms with van der Waals surface area (Å²) in [5, 5.41) is 0. The third kappa shape index (κ3) is 61.7. The zero-order valence-corrected chi connectivity index (χ0v) is 68.2. The van der Waals surface area contributed by atoms with E-state index in [1.807, 2.05) is 12.1 Å². The maximum atomic E-state index is 13.1. The Hall–Kier alpha value is -3.46. The van der Waals surface area contributed by atoms with E-state index in [0.717, 1.165) is 59.8 Å². The number of rotatable bonds is 82. The Morgan fingerprint density at radius 3 is 0.706 bits per heavy atom. The zero-order valence-electron chi connectivity index (χ0n) is 68.2. The lowest BCUT2D eigenvalue weighted by Gasteiger charge is -2.15. The molecule has 0 saturated carbocycles. The van der Waals surface area contributed by atoms with Crippen molar-refractivity contribution in [3.8, 4) is 23.0 Å². The fourth-order valence-electron chi connectivity index (χ4n) is 14.3. The van der Waals surface area contributed by atoms with Crippen LogP contribution in [0.3, 0.4) is 0 Å². The van der Waals surface area contributed by atoms with Gasteiger partial charge in [0, 0.05) is 19.3 Å². The maximum absolute atomic E-state index is 13.1. The Morgan fingerprint density at radius 2 is 0.471 bits per heavy atom. The molecule has 9 nitrogen and oxygen atoms in total. The van der Waals surface area contributed by atoms with E-state index in [9.17, 15) is 9.59 Å². The van der Waals surface area contributed by atoms with Crippen LogP contribution in [-0.4, -0.2) is 57.6 Å². The summed E-state index contributed by atoms with van der Waals surface area (Å²) in [6.45, 7) is 12.3. The van der Waals surface area contributed by atoms with E-state index in [0.29, 0.717) is 39.3 Å². The number of unbranched alkanes of at least 4 members (excludes halogenated alkanes) is 60. The van der Waals surface area contributed by atoms with Crippen molar-refractivity contribution in [2.75, 3.05) is 39.6 Å². The average molecular weight is 1430 g/mol. The molecular weight excluding hydrogens is 1260 g/mol. The lowest BCUT2D eigenvalue weighted by Crippen LogP contribution is -2.33. The lowest BCUT2D eigenvalue weighted by molar-refractivity contribution is -0.146. The molecule has 0 saturated heterocycles.